The Morgan fingerprint density at radius 1 is 0.520 bits per heavy atom. The van der Waals surface area contributed by atoms with Crippen LogP contribution in [0.1, 0.15) is 213 Å². The molecule has 0 fully saturated rings. The van der Waals surface area contributed by atoms with Crippen molar-refractivity contribution >= 4 is 11.9 Å². The number of aliphatic hydroxyl groups excluding tert-OH is 4. The van der Waals surface area contributed by atoms with Crippen LogP contribution in [0.2, 0.25) is 0 Å². The number of esters is 1. The number of carbonyl (C=O) groups excluding carboxylic acids is 1. The Morgan fingerprint density at radius 2 is 0.840 bits per heavy atom. The van der Waals surface area contributed by atoms with E-state index in [1.807, 2.05) is 0 Å². The summed E-state index contributed by atoms with van der Waals surface area (Å²) in [4.78, 5) is 21.7. The summed E-state index contributed by atoms with van der Waals surface area (Å²) >= 11 is 0. The fourth-order valence-electron chi connectivity index (χ4n) is 5.30. The molecule has 5 N–H and O–H groups in total. The lowest BCUT2D eigenvalue weighted by molar-refractivity contribution is -0.147. The van der Waals surface area contributed by atoms with Crippen molar-refractivity contribution in [3.8, 4) is 0 Å². The first-order valence-corrected chi connectivity index (χ1v) is 20.8. The van der Waals surface area contributed by atoms with Gasteiger partial charge in [0.15, 0.2) is 0 Å². The van der Waals surface area contributed by atoms with Crippen molar-refractivity contribution in [2.24, 2.45) is 0 Å². The zero-order valence-corrected chi connectivity index (χ0v) is 33.1. The van der Waals surface area contributed by atoms with Crippen molar-refractivity contribution in [2.45, 2.75) is 226 Å². The van der Waals surface area contributed by atoms with Gasteiger partial charge >= 0.3 is 11.9 Å². The lowest BCUT2D eigenvalue weighted by Gasteiger charge is -2.08. The number of allylic oxidation sites excluding steroid dienone is 2. The summed E-state index contributed by atoms with van der Waals surface area (Å²) < 4.78 is 4.86. The van der Waals surface area contributed by atoms with Gasteiger partial charge in [-0.15, -0.1) is 0 Å². The summed E-state index contributed by atoms with van der Waals surface area (Å²) in [5.74, 6) is -0.940. The van der Waals surface area contributed by atoms with E-state index in [0.29, 0.717) is 12.8 Å². The minimum atomic E-state index is -0.960. The van der Waals surface area contributed by atoms with E-state index in [9.17, 15) is 9.59 Å². The molecule has 2 unspecified atom stereocenters. The van der Waals surface area contributed by atoms with Crippen LogP contribution in [0.3, 0.4) is 0 Å². The third-order valence-corrected chi connectivity index (χ3v) is 8.55. The second kappa shape index (κ2) is 47.5. The van der Waals surface area contributed by atoms with Crippen LogP contribution < -0.4 is 0 Å². The minimum Gasteiger partial charge on any atom is -0.481 e. The molecule has 8 nitrogen and oxygen atoms in total. The number of rotatable bonds is 35. The maximum Gasteiger partial charge on any atom is 0.305 e. The van der Waals surface area contributed by atoms with Gasteiger partial charge in [0.05, 0.1) is 19.3 Å². The highest BCUT2D eigenvalue weighted by Crippen LogP contribution is 2.14. The summed E-state index contributed by atoms with van der Waals surface area (Å²) in [5.41, 5.74) is 0. The normalized spacial score (nSPS) is 12.1. The highest BCUT2D eigenvalue weighted by molar-refractivity contribution is 5.69. The molecule has 0 aromatic heterocycles. The lowest BCUT2D eigenvalue weighted by atomic mass is 10.0. The molecule has 50 heavy (non-hydrogen) atoms. The first-order valence-electron chi connectivity index (χ1n) is 20.8. The van der Waals surface area contributed by atoms with E-state index < -0.39 is 18.2 Å². The van der Waals surface area contributed by atoms with E-state index in [-0.39, 0.29) is 25.8 Å². The van der Waals surface area contributed by atoms with Crippen molar-refractivity contribution in [1.82, 2.24) is 0 Å². The summed E-state index contributed by atoms with van der Waals surface area (Å²) in [6, 6.07) is 0. The first kappa shape index (κ1) is 52.9. The zero-order valence-electron chi connectivity index (χ0n) is 33.1. The Kier molecular flexibility index (Phi) is 50.3. The average molecular weight is 717 g/mol. The van der Waals surface area contributed by atoms with Crippen molar-refractivity contribution in [3.63, 3.8) is 0 Å². The third kappa shape index (κ3) is 55.9. The van der Waals surface area contributed by atoms with Crippen molar-refractivity contribution in [3.05, 3.63) is 12.2 Å². The number of hydrogen-bond donors (Lipinski definition) is 5. The molecule has 0 aromatic carbocycles. The molecular weight excluding hydrogens is 632 g/mol. The van der Waals surface area contributed by atoms with Gasteiger partial charge in [0.25, 0.3) is 0 Å². The number of hydrogen-bond acceptors (Lipinski definition) is 7. The van der Waals surface area contributed by atoms with E-state index >= 15 is 0 Å². The van der Waals surface area contributed by atoms with E-state index in [2.05, 4.69) is 26.0 Å². The molecule has 0 aliphatic heterocycles. The summed E-state index contributed by atoms with van der Waals surface area (Å²) in [5, 5.41) is 42.2. The number of aliphatic carboxylic acids is 1. The molecule has 0 saturated carbocycles. The Morgan fingerprint density at radius 3 is 1.16 bits per heavy atom. The highest BCUT2D eigenvalue weighted by atomic mass is 16.5. The maximum atomic E-state index is 11.4. The summed E-state index contributed by atoms with van der Waals surface area (Å²) in [6.45, 7) is 5.43. The van der Waals surface area contributed by atoms with Crippen LogP contribution in [0, 0.1) is 0 Å². The van der Waals surface area contributed by atoms with Gasteiger partial charge in [0, 0.05) is 12.8 Å². The van der Waals surface area contributed by atoms with Gasteiger partial charge in [-0.3, -0.25) is 9.59 Å². The fourth-order valence-corrected chi connectivity index (χ4v) is 5.30. The average Bonchev–Trinajstić information content (AvgIpc) is 3.10. The molecule has 0 aliphatic rings. The third-order valence-electron chi connectivity index (χ3n) is 8.55. The van der Waals surface area contributed by atoms with Crippen molar-refractivity contribution in [1.29, 1.82) is 0 Å². The molecule has 0 saturated heterocycles. The molecule has 0 spiro atoms. The van der Waals surface area contributed by atoms with Gasteiger partial charge in [-0.2, -0.15) is 0 Å². The molecule has 0 rings (SSSR count). The maximum absolute atomic E-state index is 11.4. The molecule has 300 valence electrons. The molecule has 8 heteroatoms. The molecule has 0 aliphatic carbocycles. The Hall–Kier alpha value is -1.48. The molecule has 2 atom stereocenters. The van der Waals surface area contributed by atoms with Gasteiger partial charge in [0.2, 0.25) is 0 Å². The predicted molar refractivity (Wildman–Crippen MR) is 209 cm³/mol. The van der Waals surface area contributed by atoms with Crippen LogP contribution in [0.4, 0.5) is 0 Å². The SMILES string of the molecule is CC(O)CO.CCCCCCCC/C=C\CCCCCCCC(=O)OCC(O)CO.CCCCCCCCCCCCCCCCCC(=O)O. The van der Waals surface area contributed by atoms with E-state index in [4.69, 9.17) is 30.3 Å². The number of ether oxygens (including phenoxy) is 1. The quantitative estimate of drug-likeness (QED) is 0.0248. The molecule has 0 aromatic rings. The molecule has 0 heterocycles. The van der Waals surface area contributed by atoms with Crippen LogP contribution in [-0.2, 0) is 14.3 Å². The van der Waals surface area contributed by atoms with Gasteiger partial charge < -0.3 is 30.3 Å². The van der Waals surface area contributed by atoms with Crippen LogP contribution in [0.15, 0.2) is 12.2 Å². The van der Waals surface area contributed by atoms with Crippen LogP contribution >= 0.6 is 0 Å². The van der Waals surface area contributed by atoms with Gasteiger partial charge in [-0.05, 0) is 45.4 Å². The van der Waals surface area contributed by atoms with Crippen LogP contribution in [-0.4, -0.2) is 69.5 Å². The lowest BCUT2D eigenvalue weighted by Crippen LogP contribution is -2.21. The zero-order chi connectivity index (χ0) is 37.8. The minimum absolute atomic E-state index is 0.111. The standard InChI is InChI=1S/C21H40O4.C18H36O2.C3H8O2/c1-2-3-4-5-6-7-8-9-10-11-12-13-14-15-16-17-21(24)25-19-20(23)18-22;1-2-3-4-5-6-7-8-9-10-11-12-13-14-15-16-17-18(19)20;1-3(5)2-4/h9-10,20,22-23H,2-8,11-19H2,1H3;2-17H2,1H3,(H,19,20);3-5H,2H2,1H3/b10-9-;;. The number of aliphatic hydroxyl groups is 4. The van der Waals surface area contributed by atoms with E-state index in [1.54, 1.807) is 0 Å². The molecule has 0 bridgehead atoms. The van der Waals surface area contributed by atoms with Gasteiger partial charge in [-0.25, -0.2) is 0 Å². The number of carbonyl (C=O) groups is 2. The second-order valence-electron chi connectivity index (χ2n) is 14.0. The molecular formula is C42H84O8. The number of unbranched alkanes of at least 4 members (excludes halogenated alkanes) is 25. The van der Waals surface area contributed by atoms with E-state index in [0.717, 1.165) is 38.5 Å². The largest absolute Gasteiger partial charge is 0.481 e. The first-order chi connectivity index (χ1) is 24.2. The highest BCUT2D eigenvalue weighted by Gasteiger charge is 2.07. The Labute approximate surface area is 308 Å². The molecule has 0 radical (unpaired) electrons. The number of carboxylic acids is 1. The summed E-state index contributed by atoms with van der Waals surface area (Å²) in [7, 11) is 0. The Bertz CT molecular complexity index is 683. The topological polar surface area (TPSA) is 145 Å². The van der Waals surface area contributed by atoms with Crippen molar-refractivity contribution < 1.29 is 39.9 Å². The Balaban J connectivity index is -0.000000791. The monoisotopic (exact) mass is 717 g/mol. The smallest absolute Gasteiger partial charge is 0.305 e. The van der Waals surface area contributed by atoms with Crippen molar-refractivity contribution in [2.75, 3.05) is 19.8 Å². The van der Waals surface area contributed by atoms with Crippen LogP contribution in [0.5, 0.6) is 0 Å². The number of carboxylic acid groups (broad SMARTS) is 1. The summed E-state index contributed by atoms with van der Waals surface area (Å²) in [6.07, 6.45) is 39.7. The molecule has 0 amide bonds. The second-order valence-corrected chi connectivity index (χ2v) is 14.0. The fraction of sp³-hybridized carbons (Fsp3) is 0.905. The van der Waals surface area contributed by atoms with E-state index in [1.165, 1.54) is 148 Å². The van der Waals surface area contributed by atoms with Gasteiger partial charge in [-0.1, -0.05) is 167 Å². The van der Waals surface area contributed by atoms with Gasteiger partial charge in [0.1, 0.15) is 12.7 Å². The predicted octanol–water partition coefficient (Wildman–Crippen LogP) is 10.6. The van der Waals surface area contributed by atoms with Crippen LogP contribution in [0.25, 0.3) is 0 Å².